The average Bonchev–Trinajstić information content (AvgIpc) is 2.84. The molecule has 0 fully saturated rings. The lowest BCUT2D eigenvalue weighted by atomic mass is 10.1. The Balaban J connectivity index is 1.79. The van der Waals surface area contributed by atoms with E-state index in [0.29, 0.717) is 5.75 Å². The number of rotatable bonds is 4. The molecule has 0 bridgehead atoms. The van der Waals surface area contributed by atoms with Gasteiger partial charge in [-0.1, -0.05) is 36.4 Å². The van der Waals surface area contributed by atoms with Gasteiger partial charge in [-0.15, -0.1) is 10.2 Å². The zero-order valence-corrected chi connectivity index (χ0v) is 14.4. The molecule has 3 aromatic rings. The summed E-state index contributed by atoms with van der Waals surface area (Å²) in [4.78, 5) is 11.9. The quantitative estimate of drug-likeness (QED) is 0.725. The Labute approximate surface area is 145 Å². The topological polar surface area (TPSA) is 76.2 Å². The lowest BCUT2D eigenvalue weighted by Crippen LogP contribution is -2.08. The van der Waals surface area contributed by atoms with Gasteiger partial charge in [-0.3, -0.25) is 4.79 Å². The Morgan fingerprint density at radius 1 is 1.12 bits per heavy atom. The second kappa shape index (κ2) is 6.76. The lowest BCUT2D eigenvalue weighted by molar-refractivity contribution is -0.120. The summed E-state index contributed by atoms with van der Waals surface area (Å²) in [5.74, 6) is 0.0858. The second-order valence-corrected chi connectivity index (χ2v) is 5.85. The Kier molecular flexibility index (Phi) is 4.52. The predicted octanol–water partition coefficient (Wildman–Crippen LogP) is 4.19. The number of hydrogen-bond acceptors (Lipinski definition) is 4. The molecule has 2 aromatic carbocycles. The maximum atomic E-state index is 11.9. The first-order valence-corrected chi connectivity index (χ1v) is 7.89. The fourth-order valence-electron chi connectivity index (χ4n) is 2.77. The van der Waals surface area contributed by atoms with Crippen molar-refractivity contribution in [3.63, 3.8) is 0 Å². The summed E-state index contributed by atoms with van der Waals surface area (Å²) < 4.78 is 7.09. The Morgan fingerprint density at radius 3 is 2.60 bits per heavy atom. The smallest absolute Gasteiger partial charge is 0.302 e. The van der Waals surface area contributed by atoms with Crippen molar-refractivity contribution in [2.24, 2.45) is 17.3 Å². The van der Waals surface area contributed by atoms with E-state index < -0.39 is 5.91 Å². The van der Waals surface area contributed by atoms with E-state index in [1.165, 1.54) is 0 Å². The predicted molar refractivity (Wildman–Crippen MR) is 95.5 cm³/mol. The van der Waals surface area contributed by atoms with Gasteiger partial charge in [0, 0.05) is 12.4 Å². The highest BCUT2D eigenvalue weighted by Crippen LogP contribution is 2.39. The number of aryl methyl sites for hydroxylation is 3. The standard InChI is InChI=1S/C19H19N3O3/c1-12-7-4-5-10-15(12)25-11-16(23)20-21-17-14-9-6-8-13(2)18(14)22(3)19(17)24/h4-10,24H,11H2,1-3H3. The summed E-state index contributed by atoms with van der Waals surface area (Å²) in [6, 6.07) is 13.1. The van der Waals surface area contributed by atoms with E-state index in [9.17, 15) is 9.90 Å². The van der Waals surface area contributed by atoms with Crippen molar-refractivity contribution in [3.05, 3.63) is 53.6 Å². The van der Waals surface area contributed by atoms with Crippen LogP contribution in [0.4, 0.5) is 5.69 Å². The van der Waals surface area contributed by atoms with Crippen LogP contribution in [0.25, 0.3) is 10.9 Å². The first-order valence-electron chi connectivity index (χ1n) is 7.89. The molecule has 0 saturated carbocycles. The molecule has 25 heavy (non-hydrogen) atoms. The number of azo groups is 1. The number of hydrogen-bond donors (Lipinski definition) is 1. The van der Waals surface area contributed by atoms with Crippen molar-refractivity contribution in [1.29, 1.82) is 0 Å². The van der Waals surface area contributed by atoms with E-state index >= 15 is 0 Å². The molecule has 128 valence electrons. The monoisotopic (exact) mass is 337 g/mol. The Morgan fingerprint density at radius 2 is 1.84 bits per heavy atom. The van der Waals surface area contributed by atoms with E-state index in [-0.39, 0.29) is 18.2 Å². The van der Waals surface area contributed by atoms with Gasteiger partial charge in [0.05, 0.1) is 5.52 Å². The van der Waals surface area contributed by atoms with Crippen LogP contribution in [0.5, 0.6) is 11.6 Å². The van der Waals surface area contributed by atoms with Crippen LogP contribution in [0.3, 0.4) is 0 Å². The van der Waals surface area contributed by atoms with Crippen LogP contribution >= 0.6 is 0 Å². The van der Waals surface area contributed by atoms with Gasteiger partial charge < -0.3 is 14.4 Å². The first-order chi connectivity index (χ1) is 12.0. The third-order valence-corrected chi connectivity index (χ3v) is 4.06. The highest BCUT2D eigenvalue weighted by atomic mass is 16.5. The van der Waals surface area contributed by atoms with Gasteiger partial charge in [-0.05, 0) is 31.0 Å². The summed E-state index contributed by atoms with van der Waals surface area (Å²) in [7, 11) is 1.74. The zero-order valence-electron chi connectivity index (χ0n) is 14.4. The van der Waals surface area contributed by atoms with Crippen LogP contribution in [0.15, 0.2) is 52.7 Å². The molecule has 0 spiro atoms. The van der Waals surface area contributed by atoms with E-state index in [2.05, 4.69) is 10.2 Å². The van der Waals surface area contributed by atoms with Gasteiger partial charge in [0.25, 0.3) is 0 Å². The van der Waals surface area contributed by atoms with Crippen molar-refractivity contribution in [1.82, 2.24) is 4.57 Å². The fraction of sp³-hybridized carbons (Fsp3) is 0.211. The minimum absolute atomic E-state index is 0.0272. The number of fused-ring (bicyclic) bond motifs is 1. The van der Waals surface area contributed by atoms with Crippen molar-refractivity contribution in [2.75, 3.05) is 6.61 Å². The molecule has 1 aromatic heterocycles. The molecule has 0 atom stereocenters. The van der Waals surface area contributed by atoms with Gasteiger partial charge in [0.2, 0.25) is 5.88 Å². The third-order valence-electron chi connectivity index (χ3n) is 4.06. The van der Waals surface area contributed by atoms with Crippen LogP contribution in [-0.2, 0) is 11.8 Å². The number of carbonyl (C=O) groups is 1. The number of amides is 1. The summed E-state index contributed by atoms with van der Waals surface area (Å²) >= 11 is 0. The van der Waals surface area contributed by atoms with E-state index in [4.69, 9.17) is 4.74 Å². The Hall–Kier alpha value is -3.15. The molecule has 3 rings (SSSR count). The van der Waals surface area contributed by atoms with Gasteiger partial charge in [-0.25, -0.2) is 0 Å². The zero-order chi connectivity index (χ0) is 18.0. The van der Waals surface area contributed by atoms with Crippen LogP contribution in [0, 0.1) is 13.8 Å². The SMILES string of the molecule is Cc1ccccc1OCC(=O)N=Nc1c(O)n(C)c2c(C)cccc12. The molecule has 0 unspecified atom stereocenters. The van der Waals surface area contributed by atoms with E-state index in [1.807, 2.05) is 50.2 Å². The molecule has 0 aliphatic rings. The van der Waals surface area contributed by atoms with E-state index in [0.717, 1.165) is 22.0 Å². The summed E-state index contributed by atoms with van der Waals surface area (Å²) in [5, 5.41) is 18.7. The molecule has 0 saturated heterocycles. The second-order valence-electron chi connectivity index (χ2n) is 5.85. The molecule has 0 aliphatic heterocycles. The highest BCUT2D eigenvalue weighted by Gasteiger charge is 2.16. The number of aromatic hydroxyl groups is 1. The van der Waals surface area contributed by atoms with Crippen molar-refractivity contribution >= 4 is 22.5 Å². The molecule has 1 heterocycles. The average molecular weight is 337 g/mol. The maximum absolute atomic E-state index is 11.9. The summed E-state index contributed by atoms with van der Waals surface area (Å²) in [6.07, 6.45) is 0. The number of benzene rings is 2. The molecule has 1 N–H and O–H groups in total. The number of carbonyl (C=O) groups excluding carboxylic acids is 1. The molecular formula is C19H19N3O3. The Bertz CT molecular complexity index is 973. The minimum Gasteiger partial charge on any atom is -0.493 e. The number of para-hydroxylation sites is 2. The van der Waals surface area contributed by atoms with Crippen molar-refractivity contribution in [3.8, 4) is 11.6 Å². The summed E-state index contributed by atoms with van der Waals surface area (Å²) in [6.45, 7) is 3.64. The van der Waals surface area contributed by atoms with Crippen LogP contribution in [-0.4, -0.2) is 22.2 Å². The molecule has 6 heteroatoms. The molecule has 1 amide bonds. The normalized spacial score (nSPS) is 11.3. The maximum Gasteiger partial charge on any atom is 0.302 e. The van der Waals surface area contributed by atoms with Gasteiger partial charge in [0.1, 0.15) is 5.75 Å². The van der Waals surface area contributed by atoms with Gasteiger partial charge in [0.15, 0.2) is 12.3 Å². The van der Waals surface area contributed by atoms with Gasteiger partial charge >= 0.3 is 5.91 Å². The van der Waals surface area contributed by atoms with Crippen LogP contribution < -0.4 is 4.74 Å². The molecular weight excluding hydrogens is 318 g/mol. The number of ether oxygens (including phenoxy) is 1. The van der Waals surface area contributed by atoms with Crippen LogP contribution in [0.1, 0.15) is 11.1 Å². The number of aromatic nitrogens is 1. The number of nitrogens with zero attached hydrogens (tertiary/aromatic N) is 3. The third kappa shape index (κ3) is 3.24. The lowest BCUT2D eigenvalue weighted by Gasteiger charge is -2.05. The first kappa shape index (κ1) is 16.7. The minimum atomic E-state index is -0.521. The van der Waals surface area contributed by atoms with Crippen molar-refractivity contribution in [2.45, 2.75) is 13.8 Å². The fourth-order valence-corrected chi connectivity index (χ4v) is 2.77. The molecule has 6 nitrogen and oxygen atoms in total. The summed E-state index contributed by atoms with van der Waals surface area (Å²) in [5.41, 5.74) is 3.09. The molecule has 0 aliphatic carbocycles. The van der Waals surface area contributed by atoms with Gasteiger partial charge in [-0.2, -0.15) is 0 Å². The molecule has 0 radical (unpaired) electrons. The largest absolute Gasteiger partial charge is 0.493 e. The highest BCUT2D eigenvalue weighted by molar-refractivity contribution is 5.97. The van der Waals surface area contributed by atoms with Crippen LogP contribution in [0.2, 0.25) is 0 Å². The van der Waals surface area contributed by atoms with E-state index in [1.54, 1.807) is 17.7 Å². The van der Waals surface area contributed by atoms with Crippen molar-refractivity contribution < 1.29 is 14.6 Å².